The molecule has 92 valence electrons. The van der Waals surface area contributed by atoms with Crippen molar-refractivity contribution in [3.05, 3.63) is 28.2 Å². The van der Waals surface area contributed by atoms with Gasteiger partial charge in [0.1, 0.15) is 16.5 Å². The molecule has 0 aliphatic heterocycles. The van der Waals surface area contributed by atoms with Crippen molar-refractivity contribution < 1.29 is 17.2 Å². The summed E-state index contributed by atoms with van der Waals surface area (Å²) >= 11 is 2.79. The van der Waals surface area contributed by atoms with E-state index in [4.69, 9.17) is 6.42 Å². The van der Waals surface area contributed by atoms with Crippen LogP contribution in [0.5, 0.6) is 0 Å². The lowest BCUT2D eigenvalue weighted by molar-refractivity contribution is 0.539. The highest BCUT2D eigenvalue weighted by Gasteiger charge is 2.24. The minimum Gasteiger partial charge on any atom is -0.207 e. The maximum Gasteiger partial charge on any atom is 0.245 e. The molecule has 3 nitrogen and oxygen atoms in total. The van der Waals surface area contributed by atoms with E-state index >= 15 is 0 Å². The Labute approximate surface area is 106 Å². The number of halogens is 3. The number of hydrogen-bond donors (Lipinski definition) is 1. The average Bonchev–Trinajstić information content (AvgIpc) is 2.14. The van der Waals surface area contributed by atoms with Crippen LogP contribution >= 0.6 is 15.9 Å². The average molecular weight is 324 g/mol. The van der Waals surface area contributed by atoms with Crippen molar-refractivity contribution in [3.63, 3.8) is 0 Å². The summed E-state index contributed by atoms with van der Waals surface area (Å²) in [6, 6.07) is 0.550. The molecule has 17 heavy (non-hydrogen) atoms. The van der Waals surface area contributed by atoms with Gasteiger partial charge >= 0.3 is 0 Å². The molecule has 0 fully saturated rings. The van der Waals surface area contributed by atoms with Crippen LogP contribution in [-0.4, -0.2) is 14.5 Å². The zero-order chi connectivity index (χ0) is 13.2. The predicted molar refractivity (Wildman–Crippen MR) is 62.7 cm³/mol. The van der Waals surface area contributed by atoms with Crippen molar-refractivity contribution in [1.29, 1.82) is 0 Å². The molecule has 0 radical (unpaired) electrons. The van der Waals surface area contributed by atoms with Gasteiger partial charge in [0.25, 0.3) is 0 Å². The van der Waals surface area contributed by atoms with Gasteiger partial charge in [-0.3, -0.25) is 0 Å². The van der Waals surface area contributed by atoms with Crippen LogP contribution in [0.3, 0.4) is 0 Å². The van der Waals surface area contributed by atoms with E-state index < -0.39 is 32.6 Å². The topological polar surface area (TPSA) is 46.2 Å². The van der Waals surface area contributed by atoms with Crippen LogP contribution in [0.15, 0.2) is 21.5 Å². The molecule has 0 heterocycles. The molecule has 1 atom stereocenters. The standard InChI is InChI=1S/C10H8BrF2NO2S/c1-3-6(2)14-17(15,16)10-8(11)4-7(12)5-9(10)13/h1,4-6,14H,2H3. The smallest absolute Gasteiger partial charge is 0.207 e. The molecule has 0 spiro atoms. The van der Waals surface area contributed by atoms with Crippen molar-refractivity contribution in [3.8, 4) is 12.3 Å². The first-order valence-electron chi connectivity index (χ1n) is 4.41. The third-order valence-corrected chi connectivity index (χ3v) is 4.32. The van der Waals surface area contributed by atoms with E-state index in [2.05, 4.69) is 26.6 Å². The van der Waals surface area contributed by atoms with Gasteiger partial charge in [0.2, 0.25) is 10.0 Å². The Bertz CT molecular complexity index is 557. The van der Waals surface area contributed by atoms with Crippen molar-refractivity contribution >= 4 is 26.0 Å². The van der Waals surface area contributed by atoms with Crippen LogP contribution in [-0.2, 0) is 10.0 Å². The summed E-state index contributed by atoms with van der Waals surface area (Å²) in [5.74, 6) is 0.0760. The normalized spacial score (nSPS) is 13.1. The van der Waals surface area contributed by atoms with Gasteiger partial charge in [-0.05, 0) is 28.9 Å². The fraction of sp³-hybridized carbons (Fsp3) is 0.200. The van der Waals surface area contributed by atoms with Gasteiger partial charge in [0.05, 0.1) is 6.04 Å². The number of rotatable bonds is 3. The molecule has 1 N–H and O–H groups in total. The maximum atomic E-state index is 13.4. The highest BCUT2D eigenvalue weighted by Crippen LogP contribution is 2.26. The lowest BCUT2D eigenvalue weighted by Gasteiger charge is -2.11. The zero-order valence-electron chi connectivity index (χ0n) is 8.67. The van der Waals surface area contributed by atoms with E-state index in [0.717, 1.165) is 6.07 Å². The SMILES string of the molecule is C#CC(C)NS(=O)(=O)c1c(F)cc(F)cc1Br. The maximum absolute atomic E-state index is 13.4. The fourth-order valence-corrected chi connectivity index (χ4v) is 3.44. The molecule has 0 amide bonds. The van der Waals surface area contributed by atoms with Crippen LogP contribution in [0.1, 0.15) is 6.92 Å². The number of hydrogen-bond acceptors (Lipinski definition) is 2. The summed E-state index contributed by atoms with van der Waals surface area (Å²) < 4.78 is 51.6. The molecular weight excluding hydrogens is 316 g/mol. The summed E-state index contributed by atoms with van der Waals surface area (Å²) in [7, 11) is -4.13. The number of nitrogens with one attached hydrogen (secondary N) is 1. The van der Waals surface area contributed by atoms with Gasteiger partial charge in [0.15, 0.2) is 0 Å². The lowest BCUT2D eigenvalue weighted by Crippen LogP contribution is -2.32. The van der Waals surface area contributed by atoms with Crippen LogP contribution in [0.2, 0.25) is 0 Å². The quantitative estimate of drug-likeness (QED) is 0.865. The van der Waals surface area contributed by atoms with E-state index in [9.17, 15) is 17.2 Å². The van der Waals surface area contributed by atoms with E-state index in [1.54, 1.807) is 0 Å². The second-order valence-electron chi connectivity index (χ2n) is 3.21. The molecule has 1 aromatic carbocycles. The second-order valence-corrected chi connectivity index (χ2v) is 5.71. The Kier molecular flexibility index (Phi) is 4.25. The van der Waals surface area contributed by atoms with Crippen LogP contribution in [0.4, 0.5) is 8.78 Å². The third-order valence-electron chi connectivity index (χ3n) is 1.81. The number of terminal acetylenes is 1. The van der Waals surface area contributed by atoms with Gasteiger partial charge in [-0.2, -0.15) is 4.72 Å². The highest BCUT2D eigenvalue weighted by molar-refractivity contribution is 9.10. The number of benzene rings is 1. The molecule has 0 aliphatic rings. The van der Waals surface area contributed by atoms with E-state index in [-0.39, 0.29) is 4.47 Å². The highest BCUT2D eigenvalue weighted by atomic mass is 79.9. The molecule has 7 heteroatoms. The fourth-order valence-electron chi connectivity index (χ4n) is 1.11. The largest absolute Gasteiger partial charge is 0.245 e. The lowest BCUT2D eigenvalue weighted by atomic mass is 10.3. The van der Waals surface area contributed by atoms with Gasteiger partial charge in [-0.1, -0.05) is 5.92 Å². The summed E-state index contributed by atoms with van der Waals surface area (Å²) in [5, 5.41) is 0. The second kappa shape index (κ2) is 5.12. The van der Waals surface area contributed by atoms with Gasteiger partial charge in [-0.25, -0.2) is 17.2 Å². The van der Waals surface area contributed by atoms with Crippen LogP contribution in [0.25, 0.3) is 0 Å². The molecule has 0 saturated heterocycles. The Morgan fingerprint density at radius 2 is 2.06 bits per heavy atom. The van der Waals surface area contributed by atoms with Crippen LogP contribution in [0, 0.1) is 24.0 Å². The van der Waals surface area contributed by atoms with E-state index in [1.807, 2.05) is 0 Å². The van der Waals surface area contributed by atoms with E-state index in [1.165, 1.54) is 6.92 Å². The summed E-state index contributed by atoms with van der Waals surface area (Å²) in [4.78, 5) is -0.666. The van der Waals surface area contributed by atoms with Crippen molar-refractivity contribution in [2.75, 3.05) is 0 Å². The minimum atomic E-state index is -4.13. The Hall–Kier alpha value is -0.970. The molecule has 0 aliphatic carbocycles. The van der Waals surface area contributed by atoms with Crippen molar-refractivity contribution in [1.82, 2.24) is 4.72 Å². The van der Waals surface area contributed by atoms with Crippen molar-refractivity contribution in [2.45, 2.75) is 17.9 Å². The molecule has 1 unspecified atom stereocenters. The summed E-state index contributed by atoms with van der Waals surface area (Å²) in [5.41, 5.74) is 0. The van der Waals surface area contributed by atoms with E-state index in [0.29, 0.717) is 6.07 Å². The molecule has 0 saturated carbocycles. The monoisotopic (exact) mass is 323 g/mol. The molecule has 0 bridgehead atoms. The first-order chi connectivity index (χ1) is 7.77. The molecule has 1 aromatic rings. The Morgan fingerprint density at radius 1 is 1.47 bits per heavy atom. The summed E-state index contributed by atoms with van der Waals surface area (Å²) in [6.45, 7) is 1.42. The first kappa shape index (κ1) is 14.1. The number of sulfonamides is 1. The molecular formula is C10H8BrF2NO2S. The Morgan fingerprint density at radius 3 is 2.53 bits per heavy atom. The van der Waals surface area contributed by atoms with Gasteiger partial charge in [0, 0.05) is 10.5 Å². The van der Waals surface area contributed by atoms with Crippen LogP contribution < -0.4 is 4.72 Å². The summed E-state index contributed by atoms with van der Waals surface area (Å²) in [6.07, 6.45) is 5.02. The molecule has 0 aromatic heterocycles. The van der Waals surface area contributed by atoms with Gasteiger partial charge in [-0.15, -0.1) is 6.42 Å². The third kappa shape index (κ3) is 3.25. The Balaban J connectivity index is 3.31. The minimum absolute atomic E-state index is 0.202. The first-order valence-corrected chi connectivity index (χ1v) is 6.68. The molecule has 1 rings (SSSR count). The zero-order valence-corrected chi connectivity index (χ0v) is 11.1. The van der Waals surface area contributed by atoms with Crippen molar-refractivity contribution in [2.24, 2.45) is 0 Å². The van der Waals surface area contributed by atoms with Gasteiger partial charge < -0.3 is 0 Å². The predicted octanol–water partition coefficient (Wildman–Crippen LogP) is 2.03.